The van der Waals surface area contributed by atoms with E-state index in [1.165, 1.54) is 13.2 Å². The topological polar surface area (TPSA) is 102 Å². The van der Waals surface area contributed by atoms with Gasteiger partial charge >= 0.3 is 0 Å². The number of ether oxygens (including phenoxy) is 1. The van der Waals surface area contributed by atoms with Gasteiger partial charge in [-0.05, 0) is 73.2 Å². The molecule has 8 nitrogen and oxygen atoms in total. The molecule has 0 aliphatic rings. The van der Waals surface area contributed by atoms with Gasteiger partial charge in [0.05, 0.1) is 17.7 Å². The molecule has 9 heteroatoms. The Morgan fingerprint density at radius 1 is 0.970 bits per heavy atom. The third kappa shape index (κ3) is 5.04. The van der Waals surface area contributed by atoms with Gasteiger partial charge in [0.2, 0.25) is 0 Å². The van der Waals surface area contributed by atoms with E-state index in [0.29, 0.717) is 22.7 Å². The lowest BCUT2D eigenvalue weighted by molar-refractivity contribution is 0.102. The molecule has 0 unspecified atom stereocenters. The number of nitrogens with zero attached hydrogens (tertiary/aromatic N) is 2. The van der Waals surface area contributed by atoms with E-state index in [9.17, 15) is 13.2 Å². The molecule has 1 aromatic heterocycles. The average molecular weight is 463 g/mol. The predicted molar refractivity (Wildman–Crippen MR) is 126 cm³/mol. The van der Waals surface area contributed by atoms with Crippen molar-refractivity contribution in [3.63, 3.8) is 0 Å². The van der Waals surface area contributed by atoms with E-state index in [4.69, 9.17) is 4.74 Å². The van der Waals surface area contributed by atoms with Gasteiger partial charge in [-0.1, -0.05) is 12.1 Å². The minimum absolute atomic E-state index is 0.0243. The summed E-state index contributed by atoms with van der Waals surface area (Å²) in [5.41, 5.74) is 2.48. The van der Waals surface area contributed by atoms with Crippen LogP contribution in [0.1, 0.15) is 15.9 Å². The van der Waals surface area contributed by atoms with Crippen LogP contribution in [0.25, 0.3) is 5.69 Å². The number of carbonyl (C=O) groups excluding carboxylic acids is 1. The molecule has 0 bridgehead atoms. The highest BCUT2D eigenvalue weighted by molar-refractivity contribution is 7.92. The number of hydrogen-bond donors (Lipinski definition) is 2. The number of anilines is 2. The Morgan fingerprint density at radius 2 is 1.76 bits per heavy atom. The molecule has 0 aliphatic heterocycles. The Kier molecular flexibility index (Phi) is 6.14. The summed E-state index contributed by atoms with van der Waals surface area (Å²) in [7, 11) is -2.38. The van der Waals surface area contributed by atoms with E-state index < -0.39 is 15.9 Å². The fourth-order valence-electron chi connectivity index (χ4n) is 3.25. The first-order valence-electron chi connectivity index (χ1n) is 10.0. The fourth-order valence-corrected chi connectivity index (χ4v) is 4.58. The van der Waals surface area contributed by atoms with Gasteiger partial charge in [0, 0.05) is 29.3 Å². The van der Waals surface area contributed by atoms with Crippen LogP contribution in [0.3, 0.4) is 0 Å². The van der Waals surface area contributed by atoms with E-state index >= 15 is 0 Å². The van der Waals surface area contributed by atoms with Crippen LogP contribution < -0.4 is 14.8 Å². The number of carbonyl (C=O) groups is 1. The Bertz CT molecular complexity index is 1380. The van der Waals surface area contributed by atoms with E-state index in [1.807, 2.05) is 6.07 Å². The summed E-state index contributed by atoms with van der Waals surface area (Å²) in [6.07, 6.45) is 3.47. The molecule has 0 saturated heterocycles. The third-order valence-electron chi connectivity index (χ3n) is 4.96. The second-order valence-electron chi connectivity index (χ2n) is 7.27. The van der Waals surface area contributed by atoms with Gasteiger partial charge in [-0.2, -0.15) is 5.10 Å². The predicted octanol–water partition coefficient (Wildman–Crippen LogP) is 4.24. The SMILES string of the molecule is COc1ccc(NS(=O)(=O)c2cc(C(=O)Nc3cccc(-n4cccn4)c3)ccc2C)cc1. The number of aromatic nitrogens is 2. The highest BCUT2D eigenvalue weighted by atomic mass is 32.2. The van der Waals surface area contributed by atoms with Crippen molar-refractivity contribution in [1.82, 2.24) is 9.78 Å². The number of methoxy groups -OCH3 is 1. The molecule has 0 spiro atoms. The van der Waals surface area contributed by atoms with Crippen LogP contribution in [-0.4, -0.2) is 31.2 Å². The minimum atomic E-state index is -3.91. The van der Waals surface area contributed by atoms with Gasteiger partial charge in [0.25, 0.3) is 15.9 Å². The van der Waals surface area contributed by atoms with Crippen molar-refractivity contribution in [2.45, 2.75) is 11.8 Å². The summed E-state index contributed by atoms with van der Waals surface area (Å²) >= 11 is 0. The highest BCUT2D eigenvalue weighted by Gasteiger charge is 2.20. The van der Waals surface area contributed by atoms with Gasteiger partial charge < -0.3 is 10.1 Å². The maximum atomic E-state index is 13.0. The molecular weight excluding hydrogens is 440 g/mol. The summed E-state index contributed by atoms with van der Waals surface area (Å²) in [5, 5.41) is 6.99. The molecule has 0 atom stereocenters. The van der Waals surface area contributed by atoms with Crippen LogP contribution in [0.4, 0.5) is 11.4 Å². The number of amides is 1. The minimum Gasteiger partial charge on any atom is -0.497 e. The van der Waals surface area contributed by atoms with Crippen LogP contribution in [0, 0.1) is 6.92 Å². The van der Waals surface area contributed by atoms with Crippen LogP contribution in [0.15, 0.2) is 90.1 Å². The van der Waals surface area contributed by atoms with Crippen molar-refractivity contribution >= 4 is 27.3 Å². The quantitative estimate of drug-likeness (QED) is 0.428. The molecular formula is C24H22N4O4S. The highest BCUT2D eigenvalue weighted by Crippen LogP contribution is 2.23. The Hall–Kier alpha value is -4.11. The molecule has 0 saturated carbocycles. The van der Waals surface area contributed by atoms with E-state index in [0.717, 1.165) is 5.69 Å². The normalized spacial score (nSPS) is 11.1. The second kappa shape index (κ2) is 9.17. The van der Waals surface area contributed by atoms with Gasteiger partial charge in [-0.3, -0.25) is 9.52 Å². The summed E-state index contributed by atoms with van der Waals surface area (Å²) < 4.78 is 35.3. The zero-order valence-corrected chi connectivity index (χ0v) is 18.8. The van der Waals surface area contributed by atoms with Crippen molar-refractivity contribution in [3.8, 4) is 11.4 Å². The standard InChI is InChI=1S/C24H22N4O4S/c1-17-7-8-18(15-23(17)33(30,31)27-19-9-11-22(32-2)12-10-19)24(29)26-20-5-3-6-21(16-20)28-14-4-13-25-28/h3-16,27H,1-2H3,(H,26,29). The maximum Gasteiger partial charge on any atom is 0.262 e. The largest absolute Gasteiger partial charge is 0.497 e. The molecule has 1 heterocycles. The Labute approximate surface area is 191 Å². The number of rotatable bonds is 7. The zero-order valence-electron chi connectivity index (χ0n) is 18.0. The summed E-state index contributed by atoms with van der Waals surface area (Å²) in [6, 6.07) is 20.1. The number of nitrogens with one attached hydrogen (secondary N) is 2. The van der Waals surface area contributed by atoms with Crippen LogP contribution in [0.5, 0.6) is 5.75 Å². The molecule has 0 aliphatic carbocycles. The third-order valence-corrected chi connectivity index (χ3v) is 6.48. The molecule has 0 radical (unpaired) electrons. The first-order chi connectivity index (χ1) is 15.9. The molecule has 4 rings (SSSR count). The number of aryl methyl sites for hydroxylation is 1. The van der Waals surface area contributed by atoms with Gasteiger partial charge in [-0.25, -0.2) is 13.1 Å². The monoisotopic (exact) mass is 462 g/mol. The number of sulfonamides is 1. The molecule has 2 N–H and O–H groups in total. The van der Waals surface area contributed by atoms with Crippen molar-refractivity contribution < 1.29 is 17.9 Å². The van der Waals surface area contributed by atoms with Crippen LogP contribution in [0.2, 0.25) is 0 Å². The van der Waals surface area contributed by atoms with Crippen LogP contribution in [-0.2, 0) is 10.0 Å². The van der Waals surface area contributed by atoms with E-state index in [1.54, 1.807) is 84.7 Å². The lowest BCUT2D eigenvalue weighted by Crippen LogP contribution is -2.17. The maximum absolute atomic E-state index is 13.0. The summed E-state index contributed by atoms with van der Waals surface area (Å²) in [4.78, 5) is 12.9. The summed E-state index contributed by atoms with van der Waals surface area (Å²) in [5.74, 6) is 0.193. The fraction of sp³-hybridized carbons (Fsp3) is 0.0833. The zero-order chi connectivity index (χ0) is 23.4. The number of benzene rings is 3. The number of hydrogen-bond acceptors (Lipinski definition) is 5. The van der Waals surface area contributed by atoms with Gasteiger partial charge in [0.1, 0.15) is 5.75 Å². The van der Waals surface area contributed by atoms with Crippen molar-refractivity contribution in [1.29, 1.82) is 0 Å². The molecule has 4 aromatic rings. The average Bonchev–Trinajstić information content (AvgIpc) is 3.35. The lowest BCUT2D eigenvalue weighted by atomic mass is 10.1. The van der Waals surface area contributed by atoms with Crippen LogP contribution >= 0.6 is 0 Å². The second-order valence-corrected chi connectivity index (χ2v) is 8.92. The van der Waals surface area contributed by atoms with E-state index in [2.05, 4.69) is 15.1 Å². The van der Waals surface area contributed by atoms with Gasteiger partial charge in [0.15, 0.2) is 0 Å². The molecule has 33 heavy (non-hydrogen) atoms. The molecule has 3 aromatic carbocycles. The first kappa shape index (κ1) is 22.1. The Balaban J connectivity index is 1.56. The lowest BCUT2D eigenvalue weighted by Gasteiger charge is -2.13. The van der Waals surface area contributed by atoms with Gasteiger partial charge in [-0.15, -0.1) is 0 Å². The first-order valence-corrected chi connectivity index (χ1v) is 11.5. The summed E-state index contributed by atoms with van der Waals surface area (Å²) in [6.45, 7) is 1.68. The van der Waals surface area contributed by atoms with Crippen molar-refractivity contribution in [2.24, 2.45) is 0 Å². The van der Waals surface area contributed by atoms with E-state index in [-0.39, 0.29) is 10.5 Å². The van der Waals surface area contributed by atoms with Crippen molar-refractivity contribution in [3.05, 3.63) is 96.3 Å². The molecule has 0 fully saturated rings. The van der Waals surface area contributed by atoms with Crippen molar-refractivity contribution in [2.75, 3.05) is 17.1 Å². The smallest absolute Gasteiger partial charge is 0.262 e. The molecule has 168 valence electrons. The Morgan fingerprint density at radius 3 is 2.45 bits per heavy atom. The molecule has 1 amide bonds.